The van der Waals surface area contributed by atoms with Gasteiger partial charge >= 0.3 is 18.3 Å². The maximum Gasteiger partial charge on any atom is 0.330 e. The third kappa shape index (κ3) is 5.43. The number of aliphatic carboxylic acids is 1. The van der Waals surface area contributed by atoms with Crippen LogP contribution in [0.3, 0.4) is 0 Å². The van der Waals surface area contributed by atoms with E-state index >= 15 is 0 Å². The van der Waals surface area contributed by atoms with Crippen molar-refractivity contribution in [3.8, 4) is 0 Å². The lowest BCUT2D eigenvalue weighted by Gasteiger charge is -2.29. The highest BCUT2D eigenvalue weighted by Crippen LogP contribution is 2.28. The lowest BCUT2D eigenvalue weighted by molar-refractivity contribution is -0.166. The Kier molecular flexibility index (Phi) is 6.40. The van der Waals surface area contributed by atoms with Gasteiger partial charge in [0.25, 0.3) is 0 Å². The van der Waals surface area contributed by atoms with Crippen molar-refractivity contribution in [3.63, 3.8) is 0 Å². The molecule has 1 atom stereocenters. The molecule has 1 aliphatic rings. The molecule has 1 saturated carbocycles. The molecule has 1 aliphatic carbocycles. The molecule has 0 aromatic carbocycles. The smallest absolute Gasteiger partial charge is 0.330 e. The molecule has 0 aliphatic heterocycles. The monoisotopic (exact) mass is 315 g/mol. The van der Waals surface area contributed by atoms with Gasteiger partial charge in [-0.3, -0.25) is 10.1 Å². The van der Waals surface area contributed by atoms with Crippen molar-refractivity contribution in [2.24, 2.45) is 0 Å². The Morgan fingerprint density at radius 1 is 1.43 bits per heavy atom. The van der Waals surface area contributed by atoms with Crippen molar-refractivity contribution in [2.75, 3.05) is 13.2 Å². The van der Waals surface area contributed by atoms with Crippen LogP contribution in [0.15, 0.2) is 0 Å². The van der Waals surface area contributed by atoms with Crippen molar-refractivity contribution in [3.05, 3.63) is 0 Å². The van der Waals surface area contributed by atoms with E-state index in [1.54, 1.807) is 6.92 Å². The largest absolute Gasteiger partial charge is 0.480 e. The number of hydrogen-bond acceptors (Lipinski definition) is 3. The third-order valence-electron chi connectivity index (χ3n) is 3.58. The highest BCUT2D eigenvalue weighted by Gasteiger charge is 2.42. The van der Waals surface area contributed by atoms with E-state index < -0.39 is 30.5 Å². The zero-order valence-electron chi connectivity index (χ0n) is 11.9. The van der Waals surface area contributed by atoms with Crippen LogP contribution in [0, 0.1) is 0 Å². The molecule has 21 heavy (non-hydrogen) atoms. The summed E-state index contributed by atoms with van der Waals surface area (Å²) < 4.78 is 53.6. The maximum absolute atomic E-state index is 12.6. The normalized spacial score (nSPS) is 18.8. The second kappa shape index (κ2) is 7.40. The van der Waals surface area contributed by atoms with Gasteiger partial charge in [0.2, 0.25) is 0 Å². The molecule has 0 bridgehead atoms. The number of nitrogens with one attached hydrogen (secondary N) is 1. The molecule has 1 rings (SSSR count). The predicted octanol–water partition coefficient (Wildman–Crippen LogP) is 2.67. The molecule has 0 aromatic rings. The maximum atomic E-state index is 12.6. The molecule has 4 nitrogen and oxygen atoms in total. The van der Waals surface area contributed by atoms with Gasteiger partial charge < -0.3 is 9.84 Å². The van der Waals surface area contributed by atoms with E-state index in [4.69, 9.17) is 0 Å². The molecule has 124 valence electrons. The van der Waals surface area contributed by atoms with Gasteiger partial charge in [0.05, 0.1) is 0 Å². The van der Waals surface area contributed by atoms with Gasteiger partial charge in [0, 0.05) is 12.6 Å². The average Bonchev–Trinajstić information content (AvgIpc) is 3.20. The minimum absolute atomic E-state index is 0.177. The van der Waals surface area contributed by atoms with Crippen LogP contribution in [-0.2, 0) is 9.53 Å². The Labute approximate surface area is 120 Å². The summed E-state index contributed by atoms with van der Waals surface area (Å²) in [5, 5.41) is 12.4. The van der Waals surface area contributed by atoms with Crippen molar-refractivity contribution < 1.29 is 32.2 Å². The number of carbonyl (C=O) groups is 1. The minimum Gasteiger partial charge on any atom is -0.480 e. The van der Waals surface area contributed by atoms with Crippen molar-refractivity contribution in [1.29, 1.82) is 0 Å². The standard InChI is InChI=1S/C13H21F4NO3/c1-2-12(11(19)20,18-9-4-5-9)6-3-7-21-8-13(16,17)10(14)15/h9-10,18H,2-8H2,1H3,(H,19,20). The Balaban J connectivity index is 2.35. The van der Waals surface area contributed by atoms with Crippen LogP contribution in [0.5, 0.6) is 0 Å². The molecule has 8 heteroatoms. The van der Waals surface area contributed by atoms with Crippen LogP contribution in [0.4, 0.5) is 17.6 Å². The number of carboxylic acid groups (broad SMARTS) is 1. The number of hydrogen-bond donors (Lipinski definition) is 2. The van der Waals surface area contributed by atoms with Gasteiger partial charge in [0.15, 0.2) is 0 Å². The van der Waals surface area contributed by atoms with E-state index in [0.717, 1.165) is 12.8 Å². The van der Waals surface area contributed by atoms with Crippen molar-refractivity contribution in [1.82, 2.24) is 5.32 Å². The van der Waals surface area contributed by atoms with Gasteiger partial charge in [-0.05, 0) is 32.1 Å². The fourth-order valence-electron chi connectivity index (χ4n) is 2.04. The van der Waals surface area contributed by atoms with E-state index in [1.807, 2.05) is 0 Å². The Morgan fingerprint density at radius 2 is 2.05 bits per heavy atom. The van der Waals surface area contributed by atoms with Crippen LogP contribution in [-0.4, -0.2) is 48.2 Å². The summed E-state index contributed by atoms with van der Waals surface area (Å²) in [5.74, 6) is -5.16. The summed E-state index contributed by atoms with van der Waals surface area (Å²) in [5.41, 5.74) is -1.10. The SMILES string of the molecule is CCC(CCCOCC(F)(F)C(F)F)(NC1CC1)C(=O)O. The van der Waals surface area contributed by atoms with E-state index in [-0.39, 0.29) is 25.5 Å². The molecule has 0 spiro atoms. The third-order valence-corrected chi connectivity index (χ3v) is 3.58. The van der Waals surface area contributed by atoms with Gasteiger partial charge in [-0.2, -0.15) is 8.78 Å². The van der Waals surface area contributed by atoms with Crippen molar-refractivity contribution >= 4 is 5.97 Å². The average molecular weight is 315 g/mol. The molecular formula is C13H21F4NO3. The first-order valence-electron chi connectivity index (χ1n) is 6.98. The topological polar surface area (TPSA) is 58.6 Å². The highest BCUT2D eigenvalue weighted by atomic mass is 19.3. The fourth-order valence-corrected chi connectivity index (χ4v) is 2.04. The molecule has 0 saturated heterocycles. The molecule has 1 fully saturated rings. The van der Waals surface area contributed by atoms with Crippen LogP contribution < -0.4 is 5.32 Å². The summed E-state index contributed by atoms with van der Waals surface area (Å²) >= 11 is 0. The number of carboxylic acids is 1. The Hall–Kier alpha value is -0.890. The van der Waals surface area contributed by atoms with Gasteiger partial charge in [-0.15, -0.1) is 0 Å². The van der Waals surface area contributed by atoms with Crippen LogP contribution >= 0.6 is 0 Å². The van der Waals surface area contributed by atoms with E-state index in [1.165, 1.54) is 0 Å². The van der Waals surface area contributed by atoms with E-state index in [2.05, 4.69) is 10.1 Å². The first kappa shape index (κ1) is 18.2. The second-order valence-corrected chi connectivity index (χ2v) is 5.38. The van der Waals surface area contributed by atoms with Crippen LogP contribution in [0.2, 0.25) is 0 Å². The summed E-state index contributed by atoms with van der Waals surface area (Å²) in [7, 11) is 0. The molecule has 0 radical (unpaired) electrons. The summed E-state index contributed by atoms with van der Waals surface area (Å²) in [6.07, 6.45) is -1.15. The first-order chi connectivity index (χ1) is 9.73. The zero-order chi connectivity index (χ0) is 16.1. The fraction of sp³-hybridized carbons (Fsp3) is 0.923. The number of alkyl halides is 4. The zero-order valence-corrected chi connectivity index (χ0v) is 11.9. The molecule has 0 amide bonds. The highest BCUT2D eigenvalue weighted by molar-refractivity contribution is 5.78. The molecule has 1 unspecified atom stereocenters. The minimum atomic E-state index is -4.17. The van der Waals surface area contributed by atoms with Crippen LogP contribution in [0.25, 0.3) is 0 Å². The number of halogens is 4. The summed E-state index contributed by atoms with van der Waals surface area (Å²) in [6, 6.07) is 0.185. The Bertz CT molecular complexity index is 350. The first-order valence-corrected chi connectivity index (χ1v) is 6.98. The molecule has 0 aromatic heterocycles. The van der Waals surface area contributed by atoms with E-state index in [0.29, 0.717) is 6.42 Å². The molecule has 2 N–H and O–H groups in total. The van der Waals surface area contributed by atoms with E-state index in [9.17, 15) is 27.5 Å². The molecular weight excluding hydrogens is 294 g/mol. The van der Waals surface area contributed by atoms with Gasteiger partial charge in [-0.25, -0.2) is 8.78 Å². The number of ether oxygens (including phenoxy) is 1. The lowest BCUT2D eigenvalue weighted by Crippen LogP contribution is -2.52. The number of rotatable bonds is 11. The predicted molar refractivity (Wildman–Crippen MR) is 67.8 cm³/mol. The Morgan fingerprint density at radius 3 is 2.48 bits per heavy atom. The van der Waals surface area contributed by atoms with Crippen LogP contribution in [0.1, 0.15) is 39.0 Å². The molecule has 0 heterocycles. The quantitative estimate of drug-likeness (QED) is 0.455. The lowest BCUT2D eigenvalue weighted by atomic mass is 9.90. The van der Waals surface area contributed by atoms with Gasteiger partial charge in [-0.1, -0.05) is 6.92 Å². The summed E-state index contributed by atoms with van der Waals surface area (Å²) in [6.45, 7) is 0.200. The van der Waals surface area contributed by atoms with Crippen molar-refractivity contribution in [2.45, 2.75) is 63.0 Å². The second-order valence-electron chi connectivity index (χ2n) is 5.38. The van der Waals surface area contributed by atoms with Gasteiger partial charge in [0.1, 0.15) is 12.1 Å². The summed E-state index contributed by atoms with van der Waals surface area (Å²) in [4.78, 5) is 11.4.